The van der Waals surface area contributed by atoms with E-state index in [1.807, 2.05) is 6.07 Å². The van der Waals surface area contributed by atoms with Crippen molar-refractivity contribution in [3.63, 3.8) is 0 Å². The molecule has 8 heteroatoms. The van der Waals surface area contributed by atoms with Crippen LogP contribution in [-0.2, 0) is 10.1 Å². The van der Waals surface area contributed by atoms with Crippen LogP contribution in [-0.4, -0.2) is 23.0 Å². The molecule has 1 aromatic rings. The van der Waals surface area contributed by atoms with Gasteiger partial charge in [0, 0.05) is 14.5 Å². The minimum atomic E-state index is -0.276. The lowest BCUT2D eigenvalue weighted by Gasteiger charge is -2.03. The van der Waals surface area contributed by atoms with Crippen LogP contribution < -0.4 is 5.32 Å². The molecule has 1 aliphatic rings. The van der Waals surface area contributed by atoms with E-state index in [2.05, 4.69) is 54.0 Å². The fraction of sp³-hybridized carbons (Fsp3) is 0.182. The Morgan fingerprint density at radius 1 is 1.58 bits per heavy atom. The maximum absolute atomic E-state index is 13.7. The molecular weight excluding hydrogens is 448 g/mol. The SMILES string of the molecule is O=C1CSC(=NN=Cc2cc(F)c(CBr)c(I)c2)N1. The summed E-state index contributed by atoms with van der Waals surface area (Å²) >= 11 is 6.61. The summed E-state index contributed by atoms with van der Waals surface area (Å²) in [4.78, 5) is 10.9. The molecule has 1 aliphatic heterocycles. The number of nitrogens with zero attached hydrogens (tertiary/aromatic N) is 2. The zero-order valence-electron chi connectivity index (χ0n) is 9.49. The third kappa shape index (κ3) is 3.99. The summed E-state index contributed by atoms with van der Waals surface area (Å²) in [6.07, 6.45) is 1.46. The molecule has 1 aromatic carbocycles. The van der Waals surface area contributed by atoms with Gasteiger partial charge in [-0.3, -0.25) is 4.79 Å². The molecule has 100 valence electrons. The molecular formula is C11H8BrFIN3OS. The minimum Gasteiger partial charge on any atom is -0.303 e. The lowest BCUT2D eigenvalue weighted by Crippen LogP contribution is -2.19. The number of carbonyl (C=O) groups is 1. The summed E-state index contributed by atoms with van der Waals surface area (Å²) in [5, 5.41) is 11.2. The van der Waals surface area contributed by atoms with Gasteiger partial charge >= 0.3 is 0 Å². The Bertz CT molecular complexity index is 556. The highest BCUT2D eigenvalue weighted by molar-refractivity contribution is 14.1. The third-order valence-electron chi connectivity index (χ3n) is 2.24. The van der Waals surface area contributed by atoms with Crippen LogP contribution in [0.5, 0.6) is 0 Å². The summed E-state index contributed by atoms with van der Waals surface area (Å²) in [7, 11) is 0. The molecule has 0 spiro atoms. The van der Waals surface area contributed by atoms with Crippen LogP contribution in [0.1, 0.15) is 11.1 Å². The maximum Gasteiger partial charge on any atom is 0.236 e. The third-order valence-corrected chi connectivity index (χ3v) is 4.63. The van der Waals surface area contributed by atoms with Crippen LogP contribution in [0.2, 0.25) is 0 Å². The Kier molecular flexibility index (Phi) is 5.34. The van der Waals surface area contributed by atoms with E-state index >= 15 is 0 Å². The van der Waals surface area contributed by atoms with E-state index in [-0.39, 0.29) is 11.7 Å². The second-order valence-electron chi connectivity index (χ2n) is 3.58. The van der Waals surface area contributed by atoms with Gasteiger partial charge in [0.25, 0.3) is 0 Å². The molecule has 0 bridgehead atoms. The number of amidine groups is 1. The van der Waals surface area contributed by atoms with Gasteiger partial charge in [0.05, 0.1) is 12.0 Å². The molecule has 0 saturated carbocycles. The summed E-state index contributed by atoms with van der Waals surface area (Å²) < 4.78 is 14.5. The highest BCUT2D eigenvalue weighted by atomic mass is 127. The topological polar surface area (TPSA) is 53.8 Å². The van der Waals surface area contributed by atoms with Gasteiger partial charge in [-0.2, -0.15) is 5.10 Å². The van der Waals surface area contributed by atoms with Crippen molar-refractivity contribution in [2.45, 2.75) is 5.33 Å². The lowest BCUT2D eigenvalue weighted by molar-refractivity contribution is -0.116. The van der Waals surface area contributed by atoms with Crippen molar-refractivity contribution in [1.82, 2.24) is 5.32 Å². The number of halogens is 3. The molecule has 1 saturated heterocycles. The van der Waals surface area contributed by atoms with Crippen molar-refractivity contribution in [3.8, 4) is 0 Å². The van der Waals surface area contributed by atoms with Gasteiger partial charge in [0.15, 0.2) is 5.17 Å². The standard InChI is InChI=1S/C11H8BrFIN3OS/c12-3-7-8(13)1-6(2-9(7)14)4-15-17-11-16-10(18)5-19-11/h1-2,4H,3,5H2,(H,16,17,18). The summed E-state index contributed by atoms with van der Waals surface area (Å²) in [5.41, 5.74) is 1.26. The number of benzene rings is 1. The highest BCUT2D eigenvalue weighted by Gasteiger charge is 2.15. The van der Waals surface area contributed by atoms with Crippen LogP contribution in [0.4, 0.5) is 4.39 Å². The Morgan fingerprint density at radius 2 is 2.37 bits per heavy atom. The molecule has 4 nitrogen and oxygen atoms in total. The van der Waals surface area contributed by atoms with E-state index in [4.69, 9.17) is 0 Å². The van der Waals surface area contributed by atoms with E-state index in [1.165, 1.54) is 24.0 Å². The zero-order chi connectivity index (χ0) is 13.8. The normalized spacial score (nSPS) is 17.4. The number of alkyl halides is 1. The number of hydrogen-bond donors (Lipinski definition) is 1. The number of nitrogens with one attached hydrogen (secondary N) is 1. The second kappa shape index (κ2) is 6.80. The quantitative estimate of drug-likeness (QED) is 0.330. The Hall–Kier alpha value is -0.480. The smallest absolute Gasteiger partial charge is 0.236 e. The van der Waals surface area contributed by atoms with Gasteiger partial charge in [-0.25, -0.2) is 4.39 Å². The lowest BCUT2D eigenvalue weighted by atomic mass is 10.1. The highest BCUT2D eigenvalue weighted by Crippen LogP contribution is 2.20. The van der Waals surface area contributed by atoms with E-state index in [0.717, 1.165) is 3.57 Å². The zero-order valence-corrected chi connectivity index (χ0v) is 14.1. The number of rotatable bonds is 3. The molecule has 0 atom stereocenters. The van der Waals surface area contributed by atoms with Gasteiger partial charge in [0.1, 0.15) is 5.82 Å². The van der Waals surface area contributed by atoms with E-state index in [0.29, 0.717) is 27.4 Å². The van der Waals surface area contributed by atoms with Crippen molar-refractivity contribution < 1.29 is 9.18 Å². The molecule has 0 aliphatic carbocycles. The average Bonchev–Trinajstić information content (AvgIpc) is 2.75. The number of carbonyl (C=O) groups excluding carboxylic acids is 1. The Morgan fingerprint density at radius 3 is 2.95 bits per heavy atom. The van der Waals surface area contributed by atoms with Crippen molar-refractivity contribution in [2.24, 2.45) is 10.2 Å². The van der Waals surface area contributed by atoms with Crippen LogP contribution >= 0.6 is 50.3 Å². The monoisotopic (exact) mass is 455 g/mol. The first-order valence-corrected chi connectivity index (χ1v) is 8.36. The predicted molar refractivity (Wildman–Crippen MR) is 87.4 cm³/mol. The van der Waals surface area contributed by atoms with Crippen LogP contribution in [0.25, 0.3) is 0 Å². The Balaban J connectivity index is 2.13. The van der Waals surface area contributed by atoms with Crippen molar-refractivity contribution in [3.05, 3.63) is 32.6 Å². The van der Waals surface area contributed by atoms with Gasteiger partial charge in [-0.05, 0) is 40.3 Å². The maximum atomic E-state index is 13.7. The van der Waals surface area contributed by atoms with Crippen LogP contribution in [0, 0.1) is 9.39 Å². The fourth-order valence-electron chi connectivity index (χ4n) is 1.35. The van der Waals surface area contributed by atoms with Gasteiger partial charge in [0.2, 0.25) is 5.91 Å². The number of amides is 1. The van der Waals surface area contributed by atoms with Crippen LogP contribution in [0.3, 0.4) is 0 Å². The summed E-state index contributed by atoms with van der Waals surface area (Å²) in [6, 6.07) is 3.23. The largest absolute Gasteiger partial charge is 0.303 e. The minimum absolute atomic E-state index is 0.0822. The van der Waals surface area contributed by atoms with Gasteiger partial charge < -0.3 is 5.32 Å². The van der Waals surface area contributed by atoms with Crippen LogP contribution in [0.15, 0.2) is 22.3 Å². The van der Waals surface area contributed by atoms with Gasteiger partial charge in [-0.15, -0.1) is 5.10 Å². The molecule has 2 rings (SSSR count). The first-order valence-electron chi connectivity index (χ1n) is 5.17. The fourth-order valence-corrected chi connectivity index (χ4v) is 3.88. The van der Waals surface area contributed by atoms with Crippen molar-refractivity contribution in [2.75, 3.05) is 5.75 Å². The van der Waals surface area contributed by atoms with Gasteiger partial charge in [-0.1, -0.05) is 27.7 Å². The first-order chi connectivity index (χ1) is 9.10. The molecule has 0 radical (unpaired) electrons. The molecule has 0 aromatic heterocycles. The van der Waals surface area contributed by atoms with E-state index in [1.54, 1.807) is 0 Å². The molecule has 1 fully saturated rings. The molecule has 1 N–H and O–H groups in total. The summed E-state index contributed by atoms with van der Waals surface area (Å²) in [6.45, 7) is 0. The summed E-state index contributed by atoms with van der Waals surface area (Å²) in [5.74, 6) is 0.00326. The predicted octanol–water partition coefficient (Wildman–Crippen LogP) is 2.88. The molecule has 19 heavy (non-hydrogen) atoms. The first kappa shape index (κ1) is 14.9. The molecule has 1 heterocycles. The van der Waals surface area contributed by atoms with E-state index < -0.39 is 0 Å². The van der Waals surface area contributed by atoms with Crippen molar-refractivity contribution >= 4 is 67.6 Å². The second-order valence-corrected chi connectivity index (χ2v) is 6.27. The van der Waals surface area contributed by atoms with E-state index in [9.17, 15) is 9.18 Å². The number of thioether (sulfide) groups is 1. The molecule has 1 amide bonds. The van der Waals surface area contributed by atoms with Crippen molar-refractivity contribution in [1.29, 1.82) is 0 Å². The number of hydrogen-bond acceptors (Lipinski definition) is 4. The Labute approximate surface area is 135 Å². The average molecular weight is 456 g/mol. The molecule has 0 unspecified atom stereocenters.